The fraction of sp³-hybridized carbons (Fsp3) is 0.231. The molecule has 0 amide bonds. The van der Waals surface area contributed by atoms with Crippen molar-refractivity contribution in [1.29, 1.82) is 0 Å². The highest BCUT2D eigenvalue weighted by Crippen LogP contribution is 2.17. The van der Waals surface area contributed by atoms with Crippen LogP contribution in [0.4, 0.5) is 0 Å². The van der Waals surface area contributed by atoms with Crippen LogP contribution in [0.5, 0.6) is 0 Å². The molecule has 0 radical (unpaired) electrons. The number of aromatic amines is 1. The summed E-state index contributed by atoms with van der Waals surface area (Å²) < 4.78 is 5.63. The van der Waals surface area contributed by atoms with E-state index in [2.05, 4.69) is 41.2 Å². The number of hydrogen-bond acceptors (Lipinski definition) is 3. The number of methoxy groups -OCH3 is 1. The van der Waals surface area contributed by atoms with Gasteiger partial charge in [-0.25, -0.2) is 4.98 Å². The first-order chi connectivity index (χ1) is 8.19. The number of benzene rings is 1. The van der Waals surface area contributed by atoms with Crippen molar-refractivity contribution in [3.8, 4) is 11.3 Å². The molecule has 1 N–H and O–H groups in total. The molecule has 1 heterocycles. The molecule has 2 rings (SSSR count). The van der Waals surface area contributed by atoms with Crippen LogP contribution in [0.15, 0.2) is 30.3 Å². The van der Waals surface area contributed by atoms with Crippen LogP contribution in [0.2, 0.25) is 0 Å². The number of aryl methyl sites for hydroxylation is 1. The number of nitrogens with zero attached hydrogens (tertiary/aromatic N) is 1. The van der Waals surface area contributed by atoms with Gasteiger partial charge in [0.1, 0.15) is 17.1 Å². The van der Waals surface area contributed by atoms with Gasteiger partial charge in [0.25, 0.3) is 0 Å². The van der Waals surface area contributed by atoms with Gasteiger partial charge in [-0.1, -0.05) is 42.0 Å². The lowest BCUT2D eigenvalue weighted by atomic mass is 10.1. The standard InChI is InChI=1S/C13H14N2OS/c1-9-3-5-10(6-4-9)11-7-13(17)15-12(14-11)8-16-2/h3-7H,8H2,1-2H3,(H,14,15,17). The van der Waals surface area contributed by atoms with Gasteiger partial charge >= 0.3 is 0 Å². The van der Waals surface area contributed by atoms with Crippen molar-refractivity contribution in [3.63, 3.8) is 0 Å². The fourth-order valence-corrected chi connectivity index (χ4v) is 1.83. The predicted octanol–water partition coefficient (Wildman–Crippen LogP) is 3.26. The van der Waals surface area contributed by atoms with Crippen LogP contribution < -0.4 is 0 Å². The van der Waals surface area contributed by atoms with Gasteiger partial charge in [-0.2, -0.15) is 0 Å². The monoisotopic (exact) mass is 246 g/mol. The minimum Gasteiger partial charge on any atom is -0.377 e. The van der Waals surface area contributed by atoms with E-state index in [4.69, 9.17) is 17.0 Å². The molecular weight excluding hydrogens is 232 g/mol. The van der Waals surface area contributed by atoms with Gasteiger partial charge in [0.15, 0.2) is 0 Å². The average molecular weight is 246 g/mol. The largest absolute Gasteiger partial charge is 0.377 e. The zero-order valence-electron chi connectivity index (χ0n) is 9.86. The molecule has 0 spiro atoms. The predicted molar refractivity (Wildman–Crippen MR) is 70.3 cm³/mol. The molecule has 4 heteroatoms. The van der Waals surface area contributed by atoms with Gasteiger partial charge in [0, 0.05) is 12.8 Å². The normalized spacial score (nSPS) is 10.5. The second-order valence-corrected chi connectivity index (χ2v) is 4.30. The van der Waals surface area contributed by atoms with Gasteiger partial charge in [-0.3, -0.25) is 0 Å². The van der Waals surface area contributed by atoms with E-state index in [0.29, 0.717) is 11.2 Å². The van der Waals surface area contributed by atoms with Gasteiger partial charge in [-0.05, 0) is 18.6 Å². The van der Waals surface area contributed by atoms with E-state index in [0.717, 1.165) is 17.1 Å². The Balaban J connectivity index is 2.44. The Bertz CT molecular complexity index is 560. The van der Waals surface area contributed by atoms with E-state index >= 15 is 0 Å². The average Bonchev–Trinajstić information content (AvgIpc) is 2.29. The quantitative estimate of drug-likeness (QED) is 0.845. The minimum atomic E-state index is 0.434. The molecule has 0 fully saturated rings. The molecular formula is C13H14N2OS. The van der Waals surface area contributed by atoms with E-state index in [1.54, 1.807) is 7.11 Å². The molecule has 0 saturated carbocycles. The highest BCUT2D eigenvalue weighted by Gasteiger charge is 2.01. The summed E-state index contributed by atoms with van der Waals surface area (Å²) in [6.45, 7) is 2.50. The summed E-state index contributed by atoms with van der Waals surface area (Å²) >= 11 is 5.14. The van der Waals surface area contributed by atoms with Crippen LogP contribution in [-0.2, 0) is 11.3 Å². The van der Waals surface area contributed by atoms with E-state index in [1.807, 2.05) is 6.07 Å². The zero-order valence-corrected chi connectivity index (χ0v) is 10.7. The molecule has 0 aliphatic carbocycles. The fourth-order valence-electron chi connectivity index (χ4n) is 1.60. The van der Waals surface area contributed by atoms with Crippen molar-refractivity contribution in [3.05, 3.63) is 46.4 Å². The second-order valence-electron chi connectivity index (χ2n) is 3.88. The summed E-state index contributed by atoms with van der Waals surface area (Å²) in [4.78, 5) is 7.42. The first kappa shape index (κ1) is 12.0. The number of H-pyrrole nitrogens is 1. The van der Waals surface area contributed by atoms with Gasteiger partial charge < -0.3 is 9.72 Å². The Labute approximate surface area is 105 Å². The molecule has 3 nitrogen and oxygen atoms in total. The molecule has 0 bridgehead atoms. The first-order valence-electron chi connectivity index (χ1n) is 5.35. The number of rotatable bonds is 3. The van der Waals surface area contributed by atoms with Crippen molar-refractivity contribution in [1.82, 2.24) is 9.97 Å². The van der Waals surface area contributed by atoms with Crippen LogP contribution in [-0.4, -0.2) is 17.1 Å². The van der Waals surface area contributed by atoms with Crippen molar-refractivity contribution >= 4 is 12.2 Å². The molecule has 0 aliphatic heterocycles. The van der Waals surface area contributed by atoms with Gasteiger partial charge in [0.2, 0.25) is 0 Å². The van der Waals surface area contributed by atoms with Crippen molar-refractivity contribution < 1.29 is 4.74 Å². The summed E-state index contributed by atoms with van der Waals surface area (Å²) in [5.74, 6) is 0.746. The maximum Gasteiger partial charge on any atom is 0.134 e. The molecule has 0 aliphatic rings. The number of aromatic nitrogens is 2. The highest BCUT2D eigenvalue weighted by atomic mass is 32.1. The summed E-state index contributed by atoms with van der Waals surface area (Å²) in [5.41, 5.74) is 3.30. The third-order valence-electron chi connectivity index (χ3n) is 2.44. The second kappa shape index (κ2) is 5.21. The summed E-state index contributed by atoms with van der Waals surface area (Å²) in [6, 6.07) is 10.1. The zero-order chi connectivity index (χ0) is 12.3. The maximum atomic E-state index is 5.14. The third kappa shape index (κ3) is 2.99. The maximum absolute atomic E-state index is 5.14. The van der Waals surface area contributed by atoms with Gasteiger partial charge in [-0.15, -0.1) is 0 Å². The molecule has 88 valence electrons. The van der Waals surface area contributed by atoms with Crippen molar-refractivity contribution in [2.75, 3.05) is 7.11 Å². The van der Waals surface area contributed by atoms with Gasteiger partial charge in [0.05, 0.1) is 0 Å². The summed E-state index contributed by atoms with van der Waals surface area (Å²) in [6.07, 6.45) is 0. The third-order valence-corrected chi connectivity index (χ3v) is 2.64. The number of hydrogen-bond donors (Lipinski definition) is 1. The Morgan fingerprint density at radius 2 is 2.00 bits per heavy atom. The highest BCUT2D eigenvalue weighted by molar-refractivity contribution is 7.71. The molecule has 0 saturated heterocycles. The Morgan fingerprint density at radius 3 is 2.65 bits per heavy atom. The van der Waals surface area contributed by atoms with E-state index in [1.165, 1.54) is 5.56 Å². The number of nitrogens with one attached hydrogen (secondary N) is 1. The van der Waals surface area contributed by atoms with Crippen LogP contribution in [0.3, 0.4) is 0 Å². The number of ether oxygens (including phenoxy) is 1. The minimum absolute atomic E-state index is 0.434. The molecule has 1 aromatic carbocycles. The Morgan fingerprint density at radius 1 is 1.29 bits per heavy atom. The molecule has 1 aromatic heterocycles. The van der Waals surface area contributed by atoms with E-state index in [9.17, 15) is 0 Å². The SMILES string of the molecule is COCc1nc(=S)cc(-c2ccc(C)cc2)[nH]1. The van der Waals surface area contributed by atoms with Crippen LogP contribution >= 0.6 is 12.2 Å². The molecule has 0 unspecified atom stereocenters. The molecule has 0 atom stereocenters. The van der Waals surface area contributed by atoms with Crippen LogP contribution in [0.25, 0.3) is 11.3 Å². The van der Waals surface area contributed by atoms with E-state index < -0.39 is 0 Å². The summed E-state index contributed by atoms with van der Waals surface area (Å²) in [7, 11) is 1.64. The molecule has 17 heavy (non-hydrogen) atoms. The van der Waals surface area contributed by atoms with Crippen LogP contribution in [0, 0.1) is 11.6 Å². The van der Waals surface area contributed by atoms with Crippen molar-refractivity contribution in [2.24, 2.45) is 0 Å². The summed E-state index contributed by atoms with van der Waals surface area (Å²) in [5, 5.41) is 0. The van der Waals surface area contributed by atoms with Crippen molar-refractivity contribution in [2.45, 2.75) is 13.5 Å². The lowest BCUT2D eigenvalue weighted by Crippen LogP contribution is -1.98. The van der Waals surface area contributed by atoms with E-state index in [-0.39, 0.29) is 0 Å². The Hall–Kier alpha value is -1.52. The lowest BCUT2D eigenvalue weighted by Gasteiger charge is -2.05. The smallest absolute Gasteiger partial charge is 0.134 e. The lowest BCUT2D eigenvalue weighted by molar-refractivity contribution is 0.177. The van der Waals surface area contributed by atoms with Crippen LogP contribution in [0.1, 0.15) is 11.4 Å². The Kier molecular flexibility index (Phi) is 3.66. The molecule has 2 aromatic rings. The topological polar surface area (TPSA) is 37.9 Å². The first-order valence-corrected chi connectivity index (χ1v) is 5.76.